The lowest BCUT2D eigenvalue weighted by molar-refractivity contribution is 0.112. The zero-order chi connectivity index (χ0) is 9.14. The predicted octanol–water partition coefficient (Wildman–Crippen LogP) is 1.23. The van der Waals surface area contributed by atoms with Gasteiger partial charge in [0.1, 0.15) is 5.82 Å². The Kier molecular flexibility index (Phi) is 2.28. The maximum Gasteiger partial charge on any atom is 0.153 e. The second-order valence-corrected chi connectivity index (χ2v) is 2.24. The highest BCUT2D eigenvalue weighted by atomic mass is 19.1. The number of benzene rings is 1. The van der Waals surface area contributed by atoms with Gasteiger partial charge < -0.3 is 10.5 Å². The first-order chi connectivity index (χ1) is 5.69. The summed E-state index contributed by atoms with van der Waals surface area (Å²) in [7, 11) is 1.37. The van der Waals surface area contributed by atoms with Crippen LogP contribution in [0.1, 0.15) is 10.4 Å². The average molecular weight is 169 g/mol. The van der Waals surface area contributed by atoms with Crippen LogP contribution in [0.5, 0.6) is 5.75 Å². The van der Waals surface area contributed by atoms with Gasteiger partial charge in [-0.25, -0.2) is 4.39 Å². The topological polar surface area (TPSA) is 52.3 Å². The van der Waals surface area contributed by atoms with Gasteiger partial charge >= 0.3 is 0 Å². The van der Waals surface area contributed by atoms with E-state index in [9.17, 15) is 9.18 Å². The van der Waals surface area contributed by atoms with Gasteiger partial charge in [-0.2, -0.15) is 0 Å². The maximum absolute atomic E-state index is 12.6. The molecule has 0 radical (unpaired) electrons. The molecule has 0 saturated heterocycles. The lowest BCUT2D eigenvalue weighted by Gasteiger charge is -2.06. The van der Waals surface area contributed by atoms with E-state index in [4.69, 9.17) is 10.5 Å². The van der Waals surface area contributed by atoms with Crippen LogP contribution in [0.3, 0.4) is 0 Å². The molecular formula is C8H8FNO2. The van der Waals surface area contributed by atoms with E-state index in [1.54, 1.807) is 0 Å². The van der Waals surface area contributed by atoms with E-state index >= 15 is 0 Å². The minimum absolute atomic E-state index is 0.120. The van der Waals surface area contributed by atoms with Crippen molar-refractivity contribution in [3.8, 4) is 5.75 Å². The summed E-state index contributed by atoms with van der Waals surface area (Å²) in [6.07, 6.45) is 0.498. The van der Waals surface area contributed by atoms with Gasteiger partial charge in [-0.15, -0.1) is 0 Å². The molecular weight excluding hydrogens is 161 g/mol. The van der Waals surface area contributed by atoms with Gasteiger partial charge in [0, 0.05) is 6.07 Å². The van der Waals surface area contributed by atoms with Gasteiger partial charge in [0.15, 0.2) is 12.0 Å². The molecule has 0 aromatic heterocycles. The number of hydrogen-bond acceptors (Lipinski definition) is 3. The summed E-state index contributed by atoms with van der Waals surface area (Å²) in [5.74, 6) is -0.332. The number of anilines is 1. The van der Waals surface area contributed by atoms with Crippen molar-refractivity contribution in [2.45, 2.75) is 0 Å². The Balaban J connectivity index is 3.33. The van der Waals surface area contributed by atoms with Gasteiger partial charge in [-0.1, -0.05) is 0 Å². The summed E-state index contributed by atoms with van der Waals surface area (Å²) < 4.78 is 17.4. The second-order valence-electron chi connectivity index (χ2n) is 2.24. The normalized spacial score (nSPS) is 9.50. The molecule has 0 atom stereocenters. The third-order valence-electron chi connectivity index (χ3n) is 1.44. The minimum atomic E-state index is -0.546. The van der Waals surface area contributed by atoms with Crippen LogP contribution >= 0.6 is 0 Å². The largest absolute Gasteiger partial charge is 0.494 e. The lowest BCUT2D eigenvalue weighted by Crippen LogP contribution is -1.97. The summed E-state index contributed by atoms with van der Waals surface area (Å²) in [5, 5.41) is 0. The molecule has 0 unspecified atom stereocenters. The maximum atomic E-state index is 12.6. The summed E-state index contributed by atoms with van der Waals surface area (Å²) in [5.41, 5.74) is 5.63. The van der Waals surface area contributed by atoms with Crippen molar-refractivity contribution in [2.24, 2.45) is 0 Å². The zero-order valence-electron chi connectivity index (χ0n) is 6.50. The molecule has 3 nitrogen and oxygen atoms in total. The van der Waals surface area contributed by atoms with E-state index in [2.05, 4.69) is 0 Å². The lowest BCUT2D eigenvalue weighted by atomic mass is 10.2. The molecule has 0 heterocycles. The number of halogens is 1. The number of nitrogen functional groups attached to an aromatic ring is 1. The smallest absolute Gasteiger partial charge is 0.153 e. The molecule has 1 aromatic carbocycles. The van der Waals surface area contributed by atoms with E-state index in [0.29, 0.717) is 6.29 Å². The fourth-order valence-electron chi connectivity index (χ4n) is 0.960. The number of aldehydes is 1. The molecule has 12 heavy (non-hydrogen) atoms. The van der Waals surface area contributed by atoms with Crippen molar-refractivity contribution in [2.75, 3.05) is 12.8 Å². The summed E-state index contributed by atoms with van der Waals surface area (Å²) in [6.45, 7) is 0. The second kappa shape index (κ2) is 3.21. The zero-order valence-corrected chi connectivity index (χ0v) is 6.50. The van der Waals surface area contributed by atoms with Gasteiger partial charge in [-0.3, -0.25) is 4.79 Å². The first kappa shape index (κ1) is 8.52. The van der Waals surface area contributed by atoms with Crippen molar-refractivity contribution < 1.29 is 13.9 Å². The van der Waals surface area contributed by atoms with Crippen LogP contribution in [0, 0.1) is 5.82 Å². The number of hydrogen-bond donors (Lipinski definition) is 1. The molecule has 1 rings (SSSR count). The number of carbonyl (C=O) groups excluding carboxylic acids is 1. The molecule has 0 saturated carbocycles. The molecule has 4 heteroatoms. The molecule has 0 bridgehead atoms. The standard InChI is InChI=1S/C8H8FNO2/c1-12-8-5(4-11)2-6(9)3-7(8)10/h2-4H,10H2,1H3. The van der Waals surface area contributed by atoms with Gasteiger partial charge in [0.05, 0.1) is 18.4 Å². The Hall–Kier alpha value is -1.58. The van der Waals surface area contributed by atoms with Crippen molar-refractivity contribution in [3.63, 3.8) is 0 Å². The number of carbonyl (C=O) groups is 1. The Labute approximate surface area is 68.9 Å². The molecule has 0 amide bonds. The third-order valence-corrected chi connectivity index (χ3v) is 1.44. The number of rotatable bonds is 2. The Morgan fingerprint density at radius 1 is 1.58 bits per heavy atom. The monoisotopic (exact) mass is 169 g/mol. The predicted molar refractivity (Wildman–Crippen MR) is 42.8 cm³/mol. The first-order valence-electron chi connectivity index (χ1n) is 3.27. The Morgan fingerprint density at radius 2 is 2.25 bits per heavy atom. The van der Waals surface area contributed by atoms with Gasteiger partial charge in [0.2, 0.25) is 0 Å². The summed E-state index contributed by atoms with van der Waals surface area (Å²) in [6, 6.07) is 2.17. The van der Waals surface area contributed by atoms with Crippen molar-refractivity contribution in [1.29, 1.82) is 0 Å². The van der Waals surface area contributed by atoms with Crippen LogP contribution in [-0.4, -0.2) is 13.4 Å². The molecule has 0 aliphatic heterocycles. The molecule has 1 aromatic rings. The fraction of sp³-hybridized carbons (Fsp3) is 0.125. The number of nitrogens with two attached hydrogens (primary N) is 1. The molecule has 64 valence electrons. The summed E-state index contributed by atoms with van der Waals surface area (Å²) in [4.78, 5) is 10.4. The Morgan fingerprint density at radius 3 is 2.75 bits per heavy atom. The molecule has 2 N–H and O–H groups in total. The van der Waals surface area contributed by atoms with Crippen LogP contribution in [0.25, 0.3) is 0 Å². The van der Waals surface area contributed by atoms with E-state index < -0.39 is 5.82 Å². The van der Waals surface area contributed by atoms with Crippen LogP contribution in [0.4, 0.5) is 10.1 Å². The fourth-order valence-corrected chi connectivity index (χ4v) is 0.960. The summed E-state index contributed by atoms with van der Waals surface area (Å²) >= 11 is 0. The molecule has 0 fully saturated rings. The van der Waals surface area contributed by atoms with E-state index in [1.165, 1.54) is 7.11 Å². The highest BCUT2D eigenvalue weighted by Crippen LogP contribution is 2.25. The van der Waals surface area contributed by atoms with Gasteiger partial charge in [-0.05, 0) is 6.07 Å². The van der Waals surface area contributed by atoms with Crippen LogP contribution in [-0.2, 0) is 0 Å². The SMILES string of the molecule is COc1c(N)cc(F)cc1C=O. The quantitative estimate of drug-likeness (QED) is 0.535. The molecule has 0 spiro atoms. The highest BCUT2D eigenvalue weighted by Gasteiger charge is 2.07. The van der Waals surface area contributed by atoms with Gasteiger partial charge in [0.25, 0.3) is 0 Å². The van der Waals surface area contributed by atoms with Crippen molar-refractivity contribution >= 4 is 12.0 Å². The van der Waals surface area contributed by atoms with Crippen molar-refractivity contribution in [1.82, 2.24) is 0 Å². The highest BCUT2D eigenvalue weighted by molar-refractivity contribution is 5.83. The average Bonchev–Trinajstić information content (AvgIpc) is 2.03. The molecule has 0 aliphatic rings. The van der Waals surface area contributed by atoms with Crippen molar-refractivity contribution in [3.05, 3.63) is 23.5 Å². The van der Waals surface area contributed by atoms with Crippen LogP contribution in [0.15, 0.2) is 12.1 Å². The first-order valence-corrected chi connectivity index (χ1v) is 3.27. The van der Waals surface area contributed by atoms with E-state index in [1.807, 2.05) is 0 Å². The minimum Gasteiger partial charge on any atom is -0.494 e. The van der Waals surface area contributed by atoms with E-state index in [-0.39, 0.29) is 17.0 Å². The number of ether oxygens (including phenoxy) is 1. The van der Waals surface area contributed by atoms with E-state index in [0.717, 1.165) is 12.1 Å². The molecule has 0 aliphatic carbocycles. The Bertz CT molecular complexity index is 312. The van der Waals surface area contributed by atoms with Crippen LogP contribution < -0.4 is 10.5 Å². The van der Waals surface area contributed by atoms with Crippen LogP contribution in [0.2, 0.25) is 0 Å². The third kappa shape index (κ3) is 1.37. The number of methoxy groups -OCH3 is 1.